The van der Waals surface area contributed by atoms with Gasteiger partial charge in [0.1, 0.15) is 36.6 Å². The molecule has 12 amide bonds. The summed E-state index contributed by atoms with van der Waals surface area (Å²) in [4.78, 5) is 180. The van der Waals surface area contributed by atoms with Crippen LogP contribution >= 0.6 is 11.8 Å². The minimum absolute atomic E-state index is 0.0388. The second kappa shape index (κ2) is 41.7. The number of aliphatic carboxylic acids is 1. The Hall–Kier alpha value is -8.29. The maximum absolute atomic E-state index is 14.9. The van der Waals surface area contributed by atoms with Crippen molar-refractivity contribution in [3.05, 3.63) is 65.5 Å². The number of urea groups is 1. The zero-order valence-corrected chi connectivity index (χ0v) is 64.9. The van der Waals surface area contributed by atoms with Crippen LogP contribution in [0.4, 0.5) is 19.7 Å². The number of Topliss-reactive ketones (excluding diaryl/α,β-unsaturated/α-hetero) is 1. The summed E-state index contributed by atoms with van der Waals surface area (Å²) < 4.78 is 37.1. The van der Waals surface area contributed by atoms with Crippen LogP contribution in [-0.4, -0.2) is 228 Å². The third-order valence-corrected chi connectivity index (χ3v) is 21.9. The van der Waals surface area contributed by atoms with Gasteiger partial charge in [-0.2, -0.15) is 0 Å². The van der Waals surface area contributed by atoms with Gasteiger partial charge in [-0.1, -0.05) is 87.3 Å². The van der Waals surface area contributed by atoms with E-state index in [0.717, 1.165) is 29.9 Å². The normalized spacial score (nSPS) is 19.0. The van der Waals surface area contributed by atoms with Crippen LogP contribution in [0.3, 0.4) is 0 Å². The number of likely N-dealkylation sites (tertiary alicyclic amines) is 2. The largest absolute Gasteiger partial charge is 0.481 e. The first-order valence-corrected chi connectivity index (χ1v) is 37.7. The third-order valence-electron chi connectivity index (χ3n) is 20.3. The minimum Gasteiger partial charge on any atom is -0.481 e. The number of carboxylic acid groups (broad SMARTS) is 1. The average Bonchev–Trinajstić information content (AvgIpc) is 1.54. The lowest BCUT2D eigenvalue weighted by molar-refractivity contribution is -0.148. The van der Waals surface area contributed by atoms with E-state index in [0.29, 0.717) is 49.1 Å². The van der Waals surface area contributed by atoms with Crippen molar-refractivity contribution in [3.63, 3.8) is 0 Å². The molecule has 0 bridgehead atoms. The highest BCUT2D eigenvalue weighted by molar-refractivity contribution is 8.00. The lowest BCUT2D eigenvalue weighted by atomic mass is 9.89. The Morgan fingerprint density at radius 1 is 0.755 bits per heavy atom. The number of nitrogens with one attached hydrogen (secondary N) is 6. The number of methoxy groups -OCH3 is 3. The van der Waals surface area contributed by atoms with Crippen molar-refractivity contribution in [3.8, 4) is 0 Å². The number of primary amides is 1. The molecule has 29 nitrogen and oxygen atoms in total. The van der Waals surface area contributed by atoms with Crippen LogP contribution in [0.15, 0.2) is 48.5 Å². The predicted octanol–water partition coefficient (Wildman–Crippen LogP) is 6.18. The molecule has 1 saturated carbocycles. The topological polar surface area (TPSA) is 390 Å². The highest BCUT2D eigenvalue weighted by Crippen LogP contribution is 2.52. The molecule has 2 heterocycles. The molecule has 0 radical (unpaired) electrons. The van der Waals surface area contributed by atoms with Crippen LogP contribution in [0.5, 0.6) is 0 Å². The van der Waals surface area contributed by atoms with Crippen molar-refractivity contribution in [2.24, 2.45) is 40.7 Å². The highest BCUT2D eigenvalue weighted by Gasteiger charge is 2.49. The number of amides is 12. The Morgan fingerprint density at radius 3 is 1.97 bits per heavy atom. The van der Waals surface area contributed by atoms with Crippen molar-refractivity contribution in [1.29, 1.82) is 0 Å². The van der Waals surface area contributed by atoms with Gasteiger partial charge < -0.3 is 71.5 Å². The number of halogens is 1. The maximum atomic E-state index is 14.9. The number of ketones is 1. The number of anilines is 1. The molecule has 0 aromatic heterocycles. The lowest BCUT2D eigenvalue weighted by Gasteiger charge is -2.41. The standard InChI is InChI=1S/C75H114FN11O18S/c1-16-45(8)64(55(103-14)36-58(89)87-39-52(102-13)35-54(87)66(104-15)46(9)67(94)79-47(10)65(93)49-25-27-50(76)28-26-49)84(11)72(99)62(43(4)5)83-70(97)63(44(6)7)85(12)74(101)105-40-48-23-29-51(30-24-48)80-68(95)53(21-20-33-78-73(77)100)81-69(96)61(42(2)3)82-57(88)22-18-17-19-34-86-59(90)37-56(71(86)98)106-41-75(31-32-75)38-60(91)92/h23-30,42-47,52-56,61-64,66H,16-22,31-41H2,1-15H3,(H,79,94)(H,80,95)(H,81,96)(H,82,88)(H,83,97)(H,91,92)(H3,77,78,100)/t45-,46+,47-,52+,53-,54-,55+,56?,61-,62-,63-,64-,66+/m0/s1. The van der Waals surface area contributed by atoms with Gasteiger partial charge in [-0.15, -0.1) is 11.8 Å². The number of unbranched alkanes of at least 4 members (excludes halogenated alkanes) is 2. The van der Waals surface area contributed by atoms with E-state index in [9.17, 15) is 71.8 Å². The van der Waals surface area contributed by atoms with Crippen LogP contribution < -0.4 is 37.6 Å². The molecule has 106 heavy (non-hydrogen) atoms. The molecular weight excluding hydrogens is 1390 g/mol. The molecule has 1 unspecified atom stereocenters. The number of thioether (sulfide) groups is 1. The first-order valence-electron chi connectivity index (χ1n) is 36.7. The van der Waals surface area contributed by atoms with E-state index >= 15 is 0 Å². The van der Waals surface area contributed by atoms with Crippen LogP contribution in [0.1, 0.15) is 169 Å². The van der Waals surface area contributed by atoms with Gasteiger partial charge in [0, 0.05) is 84.9 Å². The van der Waals surface area contributed by atoms with E-state index in [-0.39, 0.29) is 99.4 Å². The van der Waals surface area contributed by atoms with Gasteiger partial charge in [0.05, 0.1) is 60.4 Å². The molecule has 3 aliphatic rings. The van der Waals surface area contributed by atoms with Gasteiger partial charge in [-0.05, 0) is 123 Å². The third kappa shape index (κ3) is 25.4. The zero-order chi connectivity index (χ0) is 79.0. The van der Waals surface area contributed by atoms with E-state index in [1.54, 1.807) is 84.7 Å². The van der Waals surface area contributed by atoms with Gasteiger partial charge in [-0.3, -0.25) is 62.5 Å². The zero-order valence-electron chi connectivity index (χ0n) is 64.1. The maximum Gasteiger partial charge on any atom is 0.410 e. The molecule has 13 atom stereocenters. The molecule has 9 N–H and O–H groups in total. The number of ether oxygens (including phenoxy) is 4. The second-order valence-electron chi connectivity index (χ2n) is 29.4. The average molecular weight is 1510 g/mol. The second-order valence-corrected chi connectivity index (χ2v) is 30.6. The number of rotatable bonds is 44. The summed E-state index contributed by atoms with van der Waals surface area (Å²) in [6.07, 6.45) is 1.05. The fourth-order valence-electron chi connectivity index (χ4n) is 13.6. The van der Waals surface area contributed by atoms with Crippen molar-refractivity contribution >= 4 is 94.5 Å². The summed E-state index contributed by atoms with van der Waals surface area (Å²) in [5, 5.41) is 25.2. The summed E-state index contributed by atoms with van der Waals surface area (Å²) in [6.45, 7) is 17.7. The van der Waals surface area contributed by atoms with Gasteiger partial charge in [0.25, 0.3) is 0 Å². The molecule has 2 aliphatic heterocycles. The van der Waals surface area contributed by atoms with Crippen LogP contribution in [-0.2, 0) is 73.5 Å². The van der Waals surface area contributed by atoms with E-state index in [4.69, 9.17) is 24.7 Å². The predicted molar refractivity (Wildman–Crippen MR) is 395 cm³/mol. The number of hydrogen-bond acceptors (Lipinski definition) is 18. The van der Waals surface area contributed by atoms with Crippen LogP contribution in [0.25, 0.3) is 0 Å². The van der Waals surface area contributed by atoms with Crippen molar-refractivity contribution in [2.75, 3.05) is 66.1 Å². The molecule has 2 aromatic carbocycles. The van der Waals surface area contributed by atoms with Crippen molar-refractivity contribution in [1.82, 2.24) is 46.2 Å². The van der Waals surface area contributed by atoms with Gasteiger partial charge in [-0.25, -0.2) is 14.0 Å². The highest BCUT2D eigenvalue weighted by atomic mass is 32.2. The number of benzene rings is 2. The van der Waals surface area contributed by atoms with Crippen molar-refractivity contribution < 1.29 is 90.8 Å². The molecular formula is C75H114FN11O18S. The molecule has 5 rings (SSSR count). The number of carbonyl (C=O) groups excluding carboxylic acids is 12. The van der Waals surface area contributed by atoms with E-state index in [1.165, 1.54) is 69.0 Å². The Kier molecular flexibility index (Phi) is 34.8. The van der Waals surface area contributed by atoms with Crippen LogP contribution in [0.2, 0.25) is 0 Å². The van der Waals surface area contributed by atoms with E-state index in [1.807, 2.05) is 13.8 Å². The molecule has 3 fully saturated rings. The first kappa shape index (κ1) is 88.3. The summed E-state index contributed by atoms with van der Waals surface area (Å²) in [5.41, 5.74) is 5.99. The minimum atomic E-state index is -1.15. The number of nitrogens with zero attached hydrogens (tertiary/aromatic N) is 4. The number of imide groups is 1. The smallest absolute Gasteiger partial charge is 0.410 e. The number of carboxylic acids is 1. The molecule has 2 saturated heterocycles. The summed E-state index contributed by atoms with van der Waals surface area (Å²) >= 11 is 1.34. The number of likely N-dealkylation sites (N-methyl/N-ethyl adjacent to an activating group) is 2. The summed E-state index contributed by atoms with van der Waals surface area (Å²) in [7, 11) is 7.42. The van der Waals surface area contributed by atoms with E-state index < -0.39 is 155 Å². The Morgan fingerprint density at radius 2 is 1.41 bits per heavy atom. The van der Waals surface area contributed by atoms with Crippen LogP contribution in [0, 0.1) is 40.8 Å². The Labute approximate surface area is 626 Å². The molecule has 1 aliphatic carbocycles. The number of carbonyl (C=O) groups is 13. The van der Waals surface area contributed by atoms with Crippen molar-refractivity contribution in [2.45, 2.75) is 225 Å². The first-order chi connectivity index (χ1) is 50.0. The Bertz CT molecular complexity index is 3360. The van der Waals surface area contributed by atoms with Gasteiger partial charge in [0.2, 0.25) is 53.2 Å². The quantitative estimate of drug-likeness (QED) is 0.0208. The Balaban J connectivity index is 1.16. The van der Waals surface area contributed by atoms with Gasteiger partial charge >= 0.3 is 18.1 Å². The fourth-order valence-corrected chi connectivity index (χ4v) is 15.1. The molecule has 31 heteroatoms. The SMILES string of the molecule is CC[C@H](C)[C@@H]([C@@H](CC(=O)N1C[C@H](OC)C[C@H]1[C@H](OC)[C@@H](C)C(=O)N[C@@H](C)C(=O)c1ccc(F)cc1)OC)N(C)C(=O)[C@@H](NC(=O)[C@H](C(C)C)N(C)C(=O)OCc1ccc(NC(=O)[C@H](CCCNC(N)=O)NC(=O)[C@@H](NC(=O)CCCCCN2C(=O)CC(SCC3(CC(=O)O)CC3)C2=O)C(C)C)cc1)C(C)C. The van der Waals surface area contributed by atoms with Gasteiger partial charge in [0.15, 0.2) is 5.78 Å². The van der Waals surface area contributed by atoms with E-state index in [2.05, 4.69) is 31.9 Å². The number of hydrogen-bond donors (Lipinski definition) is 8. The fraction of sp³-hybridized carbons (Fsp3) is 0.667. The monoisotopic (exact) mass is 1510 g/mol. The lowest BCUT2D eigenvalue weighted by Crippen LogP contribution is -2.60. The summed E-state index contributed by atoms with van der Waals surface area (Å²) in [5.74, 6) is -7.96. The molecule has 0 spiro atoms. The molecule has 590 valence electrons. The summed E-state index contributed by atoms with van der Waals surface area (Å²) in [6, 6.07) is 3.79. The molecule has 2 aromatic rings. The number of nitrogens with two attached hydrogens (primary N) is 1.